The van der Waals surface area contributed by atoms with Crippen molar-refractivity contribution in [2.45, 2.75) is 204 Å². The van der Waals surface area contributed by atoms with Gasteiger partial charge in [0.05, 0.1) is 52.7 Å². The van der Waals surface area contributed by atoms with Gasteiger partial charge in [-0.25, -0.2) is 16.8 Å². The number of likely N-dealkylation sites (tertiary alicyclic amines) is 5. The number of sulfone groups is 2. The molecule has 14 atom stereocenters. The zero-order chi connectivity index (χ0) is 67.0. The second-order valence-corrected chi connectivity index (χ2v) is 37.8. The van der Waals surface area contributed by atoms with E-state index in [1.54, 1.807) is 11.9 Å². The Kier molecular flexibility index (Phi) is 34.6. The molecule has 5 amide bonds. The lowest BCUT2D eigenvalue weighted by atomic mass is 10.0. The predicted molar refractivity (Wildman–Crippen MR) is 383 cm³/mol. The maximum atomic E-state index is 12.5. The summed E-state index contributed by atoms with van der Waals surface area (Å²) in [5, 5.41) is 16.0. The average Bonchev–Trinajstić information content (AvgIpc) is 1.74. The SMILES string of the molecule is CNC1CCC(C)CN(CC2CCCCS2)C1=O.CNC1CCC(C)CN(CC2CCCS2(=O)=O)C1=O.CNC1CCC(C)CN(CC2CCCSC2)C1=O.CNC1CCC(C)CN(CC2CCS(=O)(=O)C2)C1=O.CNC1CCC(C)CN(CC2CCSCC2)C1=O. The molecule has 10 heterocycles. The van der Waals surface area contributed by atoms with Gasteiger partial charge in [0, 0.05) is 70.7 Å². The van der Waals surface area contributed by atoms with E-state index in [-0.39, 0.29) is 70.4 Å². The zero-order valence-electron chi connectivity index (χ0n) is 58.5. The summed E-state index contributed by atoms with van der Waals surface area (Å²) in [6.45, 7) is 19.3. The first-order valence-corrected chi connectivity index (χ1v) is 42.8. The molecule has 19 nitrogen and oxygen atoms in total. The Balaban J connectivity index is 0.000000183. The van der Waals surface area contributed by atoms with E-state index in [1.807, 2.05) is 33.1 Å². The van der Waals surface area contributed by atoms with E-state index in [9.17, 15) is 40.8 Å². The fourth-order valence-electron chi connectivity index (χ4n) is 15.3. The first-order valence-electron chi connectivity index (χ1n) is 36.0. The number of thioether (sulfide) groups is 3. The third-order valence-corrected chi connectivity index (χ3v) is 28.9. The smallest absolute Gasteiger partial charge is 0.239 e. The van der Waals surface area contributed by atoms with Crippen molar-refractivity contribution in [3.05, 3.63) is 0 Å². The number of rotatable bonds is 15. The number of carbonyl (C=O) groups is 5. The second kappa shape index (κ2) is 40.2. The van der Waals surface area contributed by atoms with Gasteiger partial charge in [-0.2, -0.15) is 35.3 Å². The minimum Gasteiger partial charge on any atom is -0.341 e. The highest BCUT2D eigenvalue weighted by Gasteiger charge is 2.39. The van der Waals surface area contributed by atoms with Gasteiger partial charge in [0.1, 0.15) is 0 Å². The number of nitrogens with zero attached hydrogens (tertiary/aromatic N) is 5. The molecule has 10 saturated heterocycles. The van der Waals surface area contributed by atoms with Gasteiger partial charge >= 0.3 is 0 Å². The number of carbonyl (C=O) groups excluding carboxylic acids is 5. The highest BCUT2D eigenvalue weighted by molar-refractivity contribution is 8.00. The Morgan fingerprint density at radius 1 is 0.370 bits per heavy atom. The van der Waals surface area contributed by atoms with Crippen molar-refractivity contribution in [2.24, 2.45) is 47.3 Å². The lowest BCUT2D eigenvalue weighted by Gasteiger charge is -2.31. The van der Waals surface area contributed by atoms with Crippen LogP contribution >= 0.6 is 35.3 Å². The van der Waals surface area contributed by atoms with Crippen molar-refractivity contribution in [1.29, 1.82) is 0 Å². The van der Waals surface area contributed by atoms with Crippen LogP contribution in [-0.2, 0) is 43.6 Å². The molecule has 10 rings (SSSR count). The van der Waals surface area contributed by atoms with Crippen LogP contribution in [0.4, 0.5) is 0 Å². The van der Waals surface area contributed by atoms with Crippen LogP contribution in [0.3, 0.4) is 0 Å². The molecule has 0 radical (unpaired) electrons. The van der Waals surface area contributed by atoms with Crippen LogP contribution in [0.25, 0.3) is 0 Å². The Morgan fingerprint density at radius 3 is 1.12 bits per heavy atom. The molecular formula is C68H126N10O9S5. The maximum Gasteiger partial charge on any atom is 0.239 e. The van der Waals surface area contributed by atoms with Gasteiger partial charge in [0.15, 0.2) is 19.7 Å². The summed E-state index contributed by atoms with van der Waals surface area (Å²) in [5.41, 5.74) is 0. The highest BCUT2D eigenvalue weighted by Crippen LogP contribution is 2.31. The van der Waals surface area contributed by atoms with Crippen LogP contribution < -0.4 is 26.6 Å². The van der Waals surface area contributed by atoms with Crippen molar-refractivity contribution in [3.8, 4) is 0 Å². The van der Waals surface area contributed by atoms with Gasteiger partial charge in [-0.05, 0) is 233 Å². The minimum atomic E-state index is -2.98. The summed E-state index contributed by atoms with van der Waals surface area (Å²) in [4.78, 5) is 72.2. The summed E-state index contributed by atoms with van der Waals surface area (Å²) in [6.07, 6.45) is 21.5. The Hall–Kier alpha value is -1.90. The molecule has 14 unspecified atom stereocenters. The molecule has 0 aromatic rings. The van der Waals surface area contributed by atoms with Crippen LogP contribution in [0.15, 0.2) is 0 Å². The third-order valence-electron chi connectivity index (χ3n) is 21.1. The fraction of sp³-hybridized carbons (Fsp3) is 0.926. The van der Waals surface area contributed by atoms with E-state index >= 15 is 0 Å². The topological polar surface area (TPSA) is 230 Å². The standard InChI is InChI=1S/3C14H26N2OS.2C13H24N2O3S/c1-11-3-4-13(15-2)14(17)16(9-11)10-12-5-7-18-8-6-12;1-11-5-6-13(15-2)14(17)16(8-11)9-12-4-3-7-18-10-12;1-11-6-7-13(15-2)14(17)16(9-11)10-12-5-3-4-8-18-12;1-10-3-4-12(14-2)13(16)15(7-10)8-11-5-6-19(17,18)9-11;1-10-5-6-12(14-2)13(16)15(8-10)9-11-4-3-7-19(11,17)18/h3*11-13,15H,3-10H2,1-2H3;2*10-12,14H,3-9H2,1-2H3. The van der Waals surface area contributed by atoms with Crippen molar-refractivity contribution >= 4 is 84.5 Å². The van der Waals surface area contributed by atoms with Crippen LogP contribution in [0.2, 0.25) is 0 Å². The number of hydrogen-bond donors (Lipinski definition) is 5. The van der Waals surface area contributed by atoms with Gasteiger partial charge in [-0.3, -0.25) is 24.0 Å². The summed E-state index contributed by atoms with van der Waals surface area (Å²) >= 11 is 6.17. The number of nitrogens with one attached hydrogen (secondary N) is 5. The van der Waals surface area contributed by atoms with E-state index < -0.39 is 19.7 Å². The molecule has 24 heteroatoms. The van der Waals surface area contributed by atoms with E-state index in [0.717, 1.165) is 128 Å². The summed E-state index contributed by atoms with van der Waals surface area (Å²) in [7, 11) is 3.50. The van der Waals surface area contributed by atoms with Crippen molar-refractivity contribution in [2.75, 3.05) is 147 Å². The number of hydrogen-bond acceptors (Lipinski definition) is 17. The summed E-state index contributed by atoms with van der Waals surface area (Å²) in [5.74, 6) is 12.8. The first kappa shape index (κ1) is 79.1. The largest absolute Gasteiger partial charge is 0.341 e. The van der Waals surface area contributed by atoms with Gasteiger partial charge in [-0.1, -0.05) is 41.0 Å². The molecule has 10 aliphatic rings. The molecule has 532 valence electrons. The van der Waals surface area contributed by atoms with Gasteiger partial charge in [0.2, 0.25) is 29.5 Å². The van der Waals surface area contributed by atoms with Crippen LogP contribution in [0.1, 0.15) is 163 Å². The van der Waals surface area contributed by atoms with E-state index in [1.165, 1.54) is 73.7 Å². The molecule has 0 aromatic carbocycles. The van der Waals surface area contributed by atoms with Crippen molar-refractivity contribution in [1.82, 2.24) is 51.1 Å². The van der Waals surface area contributed by atoms with E-state index in [0.29, 0.717) is 85.0 Å². The number of amides is 5. The van der Waals surface area contributed by atoms with Crippen LogP contribution in [0.5, 0.6) is 0 Å². The molecule has 92 heavy (non-hydrogen) atoms. The maximum absolute atomic E-state index is 12.5. The molecule has 5 N–H and O–H groups in total. The van der Waals surface area contributed by atoms with Crippen LogP contribution in [0, 0.1) is 47.3 Å². The summed E-state index contributed by atoms with van der Waals surface area (Å²) in [6, 6.07) is -0.125. The Morgan fingerprint density at radius 2 is 0.772 bits per heavy atom. The number of likely N-dealkylation sites (N-methyl/N-ethyl adjacent to an activating group) is 5. The zero-order valence-corrected chi connectivity index (χ0v) is 62.6. The third kappa shape index (κ3) is 25.8. The minimum absolute atomic E-state index is 0.0449. The first-order chi connectivity index (χ1) is 44.0. The van der Waals surface area contributed by atoms with E-state index in [2.05, 4.69) is 111 Å². The molecule has 0 aliphatic carbocycles. The lowest BCUT2D eigenvalue weighted by Crippen LogP contribution is -2.47. The second-order valence-electron chi connectivity index (χ2n) is 29.4. The normalized spacial score (nSPS) is 34.2. The quantitative estimate of drug-likeness (QED) is 0.114. The van der Waals surface area contributed by atoms with Gasteiger partial charge < -0.3 is 51.1 Å². The molecular weight excluding hydrogens is 1260 g/mol. The fourth-order valence-corrected chi connectivity index (χ4v) is 22.6. The monoisotopic (exact) mass is 1390 g/mol. The van der Waals surface area contributed by atoms with Crippen LogP contribution in [-0.4, -0.2) is 258 Å². The Labute approximate surface area is 570 Å². The predicted octanol–water partition coefficient (Wildman–Crippen LogP) is 6.75. The molecule has 0 spiro atoms. The molecule has 0 aromatic heterocycles. The van der Waals surface area contributed by atoms with E-state index in [4.69, 9.17) is 0 Å². The van der Waals surface area contributed by atoms with Gasteiger partial charge in [0.25, 0.3) is 0 Å². The van der Waals surface area contributed by atoms with Gasteiger partial charge in [-0.15, -0.1) is 0 Å². The Bertz CT molecular complexity index is 2340. The lowest BCUT2D eigenvalue weighted by molar-refractivity contribution is -0.134. The molecule has 0 bridgehead atoms. The highest BCUT2D eigenvalue weighted by atomic mass is 32.2. The van der Waals surface area contributed by atoms with Crippen molar-refractivity contribution < 1.29 is 40.8 Å². The molecule has 10 aliphatic heterocycles. The summed E-state index contributed by atoms with van der Waals surface area (Å²) < 4.78 is 46.8. The molecule has 0 saturated carbocycles. The van der Waals surface area contributed by atoms with Crippen molar-refractivity contribution in [3.63, 3.8) is 0 Å². The average molecular weight is 1390 g/mol. The molecule has 10 fully saturated rings.